The van der Waals surface area contributed by atoms with Crippen molar-refractivity contribution in [1.82, 2.24) is 4.83 Å². The zero-order valence-electron chi connectivity index (χ0n) is 21.3. The maximum atomic E-state index is 13.2. The van der Waals surface area contributed by atoms with E-state index in [1.807, 2.05) is 39.0 Å². The van der Waals surface area contributed by atoms with Crippen molar-refractivity contribution in [2.45, 2.75) is 65.8 Å². The number of carbonyl (C=O) groups is 2. The van der Waals surface area contributed by atoms with Crippen LogP contribution < -0.4 is 4.84 Å². The Morgan fingerprint density at radius 1 is 1.31 bits per heavy atom. The Morgan fingerprint density at radius 3 is 2.69 bits per heavy atom. The van der Waals surface area contributed by atoms with Crippen molar-refractivity contribution in [3.63, 3.8) is 0 Å². The summed E-state index contributed by atoms with van der Waals surface area (Å²) in [6.07, 6.45) is 5.15. The van der Waals surface area contributed by atoms with Crippen LogP contribution in [0.15, 0.2) is 57.7 Å². The van der Waals surface area contributed by atoms with Gasteiger partial charge in [-0.3, -0.25) is 9.59 Å². The van der Waals surface area contributed by atoms with Gasteiger partial charge in [0, 0.05) is 22.6 Å². The highest BCUT2D eigenvalue weighted by atomic mass is 31.1. The number of para-hydroxylation sites is 1. The lowest BCUT2D eigenvalue weighted by atomic mass is 9.78. The molecule has 2 aromatic rings. The molecule has 1 aliphatic rings. The first-order valence-corrected chi connectivity index (χ1v) is 12.9. The third-order valence-electron chi connectivity index (χ3n) is 6.42. The van der Waals surface area contributed by atoms with E-state index in [1.54, 1.807) is 26.0 Å². The van der Waals surface area contributed by atoms with Gasteiger partial charge in [-0.25, -0.2) is 0 Å². The molecule has 36 heavy (non-hydrogen) atoms. The highest BCUT2D eigenvalue weighted by Crippen LogP contribution is 2.43. The number of benzene rings is 1. The number of allylic oxidation sites excluding steroid dienone is 4. The third-order valence-corrected chi connectivity index (χ3v) is 7.08. The molecule has 0 bridgehead atoms. The summed E-state index contributed by atoms with van der Waals surface area (Å²) in [4.78, 5) is 32.2. The van der Waals surface area contributed by atoms with Crippen molar-refractivity contribution in [3.05, 3.63) is 70.0 Å². The Labute approximate surface area is 212 Å². The summed E-state index contributed by atoms with van der Waals surface area (Å²) in [6.45, 7) is 9.50. The molecule has 1 aromatic heterocycles. The first kappa shape index (κ1) is 27.4. The van der Waals surface area contributed by atoms with Gasteiger partial charge >= 0.3 is 14.6 Å². The monoisotopic (exact) mass is 514 g/mol. The molecule has 3 atom stereocenters. The molecule has 3 rings (SSSR count). The van der Waals surface area contributed by atoms with Crippen LogP contribution in [-0.4, -0.2) is 34.3 Å². The molecule has 0 amide bonds. The summed E-state index contributed by atoms with van der Waals surface area (Å²) < 4.78 is 21.9. The Balaban J connectivity index is 1.79. The predicted molar refractivity (Wildman–Crippen MR) is 137 cm³/mol. The van der Waals surface area contributed by atoms with E-state index in [2.05, 4.69) is 0 Å². The van der Waals surface area contributed by atoms with Crippen LogP contribution in [0.2, 0.25) is 0 Å². The number of hydrogen-bond acceptors (Lipinski definition) is 7. The van der Waals surface area contributed by atoms with Gasteiger partial charge in [-0.1, -0.05) is 49.3 Å². The fraction of sp³-hybridized carbons (Fsp3) is 0.407. The number of rotatable bonds is 11. The smallest absolute Gasteiger partial charge is 0.457 e. The molecule has 0 saturated heterocycles. The van der Waals surface area contributed by atoms with Crippen LogP contribution in [-0.2, 0) is 20.5 Å². The predicted octanol–water partition coefficient (Wildman–Crippen LogP) is 6.06. The van der Waals surface area contributed by atoms with Gasteiger partial charge in [-0.15, -0.1) is 0 Å². The molecule has 8 nitrogen and oxygen atoms in total. The van der Waals surface area contributed by atoms with E-state index < -0.39 is 20.6 Å². The van der Waals surface area contributed by atoms with Crippen molar-refractivity contribution in [2.24, 2.45) is 0 Å². The lowest BCUT2D eigenvalue weighted by Gasteiger charge is -2.24. The van der Waals surface area contributed by atoms with Crippen LogP contribution in [0.1, 0.15) is 74.9 Å². The average molecular weight is 515 g/mol. The molecule has 0 aliphatic heterocycles. The second-order valence-corrected chi connectivity index (χ2v) is 9.38. The molecule has 192 valence electrons. The first-order valence-electron chi connectivity index (χ1n) is 12.0. The minimum absolute atomic E-state index is 0.00882. The molecule has 0 saturated carbocycles. The lowest BCUT2D eigenvalue weighted by Crippen LogP contribution is -2.36. The van der Waals surface area contributed by atoms with Gasteiger partial charge in [0.2, 0.25) is 0 Å². The molecule has 1 aliphatic carbocycles. The maximum absolute atomic E-state index is 13.2. The largest absolute Gasteiger partial charge is 0.480 e. The number of hydrogen-bond donors (Lipinski definition) is 1. The van der Waals surface area contributed by atoms with Crippen LogP contribution in [0.3, 0.4) is 0 Å². The van der Waals surface area contributed by atoms with E-state index in [0.717, 1.165) is 33.5 Å². The van der Waals surface area contributed by atoms with Crippen molar-refractivity contribution < 1.29 is 33.3 Å². The van der Waals surface area contributed by atoms with Gasteiger partial charge in [0.15, 0.2) is 17.6 Å². The topological polar surface area (TPSA) is 106 Å². The van der Waals surface area contributed by atoms with Crippen LogP contribution in [0.4, 0.5) is 0 Å². The summed E-state index contributed by atoms with van der Waals surface area (Å²) in [7, 11) is -1.00. The second-order valence-electron chi connectivity index (χ2n) is 8.75. The molecular weight excluding hydrogens is 481 g/mol. The number of fused-ring (bicyclic) bond motifs is 1. The summed E-state index contributed by atoms with van der Waals surface area (Å²) in [5, 5.41) is 10.1. The summed E-state index contributed by atoms with van der Waals surface area (Å²) >= 11 is 0. The number of carbonyl (C=O) groups excluding carboxylic acids is 2. The molecule has 1 N–H and O–H groups in total. The Morgan fingerprint density at radius 2 is 2.03 bits per heavy atom. The molecule has 9 heteroatoms. The first-order chi connectivity index (χ1) is 17.2. The number of nitrogens with zero attached hydrogens (tertiary/aromatic N) is 1. The quantitative estimate of drug-likeness (QED) is 0.167. The number of hydroxylamine groups is 1. The molecule has 0 radical (unpaired) electrons. The zero-order chi connectivity index (χ0) is 26.4. The van der Waals surface area contributed by atoms with E-state index >= 15 is 0 Å². The Bertz CT molecular complexity index is 1200. The number of esters is 1. The van der Waals surface area contributed by atoms with Crippen molar-refractivity contribution in [3.8, 4) is 11.7 Å². The molecule has 3 unspecified atom stereocenters. The Hall–Kier alpha value is -3.22. The van der Waals surface area contributed by atoms with Gasteiger partial charge in [-0.2, -0.15) is 0 Å². The fourth-order valence-corrected chi connectivity index (χ4v) is 4.82. The van der Waals surface area contributed by atoms with Gasteiger partial charge in [0.1, 0.15) is 5.56 Å². The van der Waals surface area contributed by atoms with Crippen molar-refractivity contribution in [2.75, 3.05) is 6.61 Å². The van der Waals surface area contributed by atoms with Gasteiger partial charge < -0.3 is 19.1 Å². The van der Waals surface area contributed by atoms with Crippen LogP contribution in [0, 0.1) is 0 Å². The summed E-state index contributed by atoms with van der Waals surface area (Å²) in [5.74, 6) is -0.576. The van der Waals surface area contributed by atoms with Gasteiger partial charge in [-0.05, 0) is 50.7 Å². The molecule has 1 heterocycles. The lowest BCUT2D eigenvalue weighted by molar-refractivity contribution is -0.153. The number of aromatic hydroxyl groups is 1. The fourth-order valence-electron chi connectivity index (χ4n) is 4.43. The minimum atomic E-state index is -1.00. The van der Waals surface area contributed by atoms with E-state index in [-0.39, 0.29) is 29.8 Å². The van der Waals surface area contributed by atoms with Crippen LogP contribution >= 0.6 is 8.61 Å². The van der Waals surface area contributed by atoms with E-state index in [9.17, 15) is 19.3 Å². The number of Topliss-reactive ketones (excluding diaryl/α,β-unsaturated/α-hetero) is 1. The van der Waals surface area contributed by atoms with Crippen LogP contribution in [0.25, 0.3) is 0 Å². The molecule has 0 fully saturated rings. The minimum Gasteiger partial charge on any atom is -0.480 e. The zero-order valence-corrected chi connectivity index (χ0v) is 22.3. The number of furan rings is 1. The number of ketones is 1. The van der Waals surface area contributed by atoms with E-state index in [0.29, 0.717) is 24.2 Å². The van der Waals surface area contributed by atoms with Gasteiger partial charge in [0.25, 0.3) is 5.95 Å². The van der Waals surface area contributed by atoms with Gasteiger partial charge in [0.05, 0.1) is 17.7 Å². The highest BCUT2D eigenvalue weighted by molar-refractivity contribution is 7.20. The second kappa shape index (κ2) is 12.2. The van der Waals surface area contributed by atoms with Crippen molar-refractivity contribution in [1.29, 1.82) is 0 Å². The standard InChI is InChI=1S/C27H32NO7P/c1-6-20-17(4)22-15-34-27(31)24(22)25(29)21(20)13-12-16(3)14-19-10-8-9-11-23(19)35-28(36-32)18(5)26(30)33-7-2/h8-12,15,17-18,31H,6-7,13-14H2,1-5H3/p+1. The highest BCUT2D eigenvalue weighted by Gasteiger charge is 2.34. The SMILES string of the molecule is CCOC(=O)C(C)N(Oc1ccccc1CC(C)=CCC1=C(CC)C(C)c2coc(O)c2C1=O)[PH+]=O. The van der Waals surface area contributed by atoms with E-state index in [4.69, 9.17) is 14.0 Å². The summed E-state index contributed by atoms with van der Waals surface area (Å²) in [6, 6.07) is 6.48. The van der Waals surface area contributed by atoms with Crippen LogP contribution in [0.5, 0.6) is 11.7 Å². The Kier molecular flexibility index (Phi) is 9.24. The van der Waals surface area contributed by atoms with Crippen molar-refractivity contribution >= 4 is 20.4 Å². The molecular formula is C27H33NO7P+. The molecule has 1 aromatic carbocycles. The maximum Gasteiger partial charge on any atom is 0.457 e. The average Bonchev–Trinajstić information content (AvgIpc) is 3.26. The van der Waals surface area contributed by atoms with E-state index in [1.165, 1.54) is 6.26 Å². The number of ether oxygens (including phenoxy) is 1. The summed E-state index contributed by atoms with van der Waals surface area (Å²) in [5.41, 5.74) is 4.56. The normalized spacial score (nSPS) is 16.9. The third kappa shape index (κ3) is 5.77. The molecule has 0 spiro atoms.